The van der Waals surface area contributed by atoms with Crippen molar-refractivity contribution in [2.75, 3.05) is 18.4 Å². The van der Waals surface area contributed by atoms with Gasteiger partial charge in [-0.15, -0.1) is 0 Å². The van der Waals surface area contributed by atoms with Crippen molar-refractivity contribution in [3.05, 3.63) is 53.9 Å². The zero-order valence-electron chi connectivity index (χ0n) is 13.7. The van der Waals surface area contributed by atoms with Gasteiger partial charge in [0.15, 0.2) is 0 Å². The number of carbonyl (C=O) groups is 1. The molecule has 1 N–H and O–H groups in total. The molecule has 0 spiro atoms. The quantitative estimate of drug-likeness (QED) is 0.938. The fourth-order valence-corrected chi connectivity index (χ4v) is 2.81. The predicted molar refractivity (Wildman–Crippen MR) is 93.0 cm³/mol. The van der Waals surface area contributed by atoms with Crippen molar-refractivity contribution in [2.24, 2.45) is 5.92 Å². The highest BCUT2D eigenvalue weighted by Crippen LogP contribution is 2.21. The van der Waals surface area contributed by atoms with Gasteiger partial charge in [0.2, 0.25) is 0 Å². The number of carbonyl (C=O) groups excluding carboxylic acids is 1. The molecule has 2 heterocycles. The van der Waals surface area contributed by atoms with Crippen molar-refractivity contribution < 1.29 is 4.79 Å². The van der Waals surface area contributed by atoms with E-state index in [1.54, 1.807) is 18.3 Å². The van der Waals surface area contributed by atoms with Gasteiger partial charge in [-0.2, -0.15) is 5.26 Å². The lowest BCUT2D eigenvalue weighted by Crippen LogP contribution is -2.38. The summed E-state index contributed by atoms with van der Waals surface area (Å²) in [4.78, 5) is 18.6. The molecule has 0 radical (unpaired) electrons. The summed E-state index contributed by atoms with van der Waals surface area (Å²) in [5, 5.41) is 12.3. The summed E-state index contributed by atoms with van der Waals surface area (Å²) in [5.74, 6) is 0.680. The molecule has 2 aromatic rings. The molecule has 122 valence electrons. The van der Waals surface area contributed by atoms with Crippen LogP contribution < -0.4 is 5.32 Å². The predicted octanol–water partition coefficient (Wildman–Crippen LogP) is 3.57. The summed E-state index contributed by atoms with van der Waals surface area (Å²) in [6.45, 7) is 3.83. The number of para-hydroxylation sites is 1. The van der Waals surface area contributed by atoms with E-state index in [4.69, 9.17) is 5.26 Å². The fraction of sp³-hybridized carbons (Fsp3) is 0.316. The standard InChI is InChI=1S/C19H20N4O/c1-14-8-10-23(11-9-14)19(24)18-7-6-16(13-21-18)22-17-5-3-2-4-15(17)12-20/h2-7,13-14,22H,8-11H2,1H3. The van der Waals surface area contributed by atoms with Crippen LogP contribution in [0, 0.1) is 17.2 Å². The van der Waals surface area contributed by atoms with Crippen molar-refractivity contribution >= 4 is 17.3 Å². The van der Waals surface area contributed by atoms with Crippen molar-refractivity contribution in [3.8, 4) is 6.07 Å². The summed E-state index contributed by atoms with van der Waals surface area (Å²) in [6.07, 6.45) is 3.74. The minimum Gasteiger partial charge on any atom is -0.353 e. The van der Waals surface area contributed by atoms with E-state index in [1.165, 1.54) is 0 Å². The van der Waals surface area contributed by atoms with Gasteiger partial charge in [0.25, 0.3) is 5.91 Å². The maximum absolute atomic E-state index is 12.5. The minimum atomic E-state index is -0.00845. The maximum atomic E-state index is 12.5. The van der Waals surface area contributed by atoms with Crippen molar-refractivity contribution in [2.45, 2.75) is 19.8 Å². The Morgan fingerprint density at radius 1 is 1.25 bits per heavy atom. The van der Waals surface area contributed by atoms with Crippen LogP contribution in [0.25, 0.3) is 0 Å². The third-order valence-electron chi connectivity index (χ3n) is 4.38. The van der Waals surface area contributed by atoms with Crippen LogP contribution in [-0.2, 0) is 0 Å². The summed E-state index contributed by atoms with van der Waals surface area (Å²) >= 11 is 0. The molecule has 0 aliphatic carbocycles. The third-order valence-corrected chi connectivity index (χ3v) is 4.38. The van der Waals surface area contributed by atoms with Gasteiger partial charge in [-0.1, -0.05) is 19.1 Å². The van der Waals surface area contributed by atoms with E-state index in [0.29, 0.717) is 17.2 Å². The van der Waals surface area contributed by atoms with E-state index in [1.807, 2.05) is 29.2 Å². The minimum absolute atomic E-state index is 0.00845. The van der Waals surface area contributed by atoms with Gasteiger partial charge in [0, 0.05) is 13.1 Å². The number of pyridine rings is 1. The number of aromatic nitrogens is 1. The monoisotopic (exact) mass is 320 g/mol. The third kappa shape index (κ3) is 3.54. The molecule has 1 fully saturated rings. The van der Waals surface area contributed by atoms with Crippen LogP contribution >= 0.6 is 0 Å². The highest BCUT2D eigenvalue weighted by molar-refractivity contribution is 5.92. The Hall–Kier alpha value is -2.87. The van der Waals surface area contributed by atoms with Gasteiger partial charge in [-0.3, -0.25) is 4.79 Å². The number of likely N-dealkylation sites (tertiary alicyclic amines) is 1. The zero-order chi connectivity index (χ0) is 16.9. The van der Waals surface area contributed by atoms with Crippen molar-refractivity contribution in [1.82, 2.24) is 9.88 Å². The van der Waals surface area contributed by atoms with Gasteiger partial charge in [-0.05, 0) is 43.0 Å². The number of hydrogen-bond donors (Lipinski definition) is 1. The second-order valence-electron chi connectivity index (χ2n) is 6.19. The van der Waals surface area contributed by atoms with Gasteiger partial charge in [0.1, 0.15) is 11.8 Å². The van der Waals surface area contributed by atoms with Crippen LogP contribution in [-0.4, -0.2) is 28.9 Å². The van der Waals surface area contributed by atoms with E-state index in [9.17, 15) is 4.79 Å². The first-order valence-corrected chi connectivity index (χ1v) is 8.19. The molecular weight excluding hydrogens is 300 g/mol. The lowest BCUT2D eigenvalue weighted by Gasteiger charge is -2.30. The van der Waals surface area contributed by atoms with E-state index in [0.717, 1.165) is 37.3 Å². The largest absolute Gasteiger partial charge is 0.353 e. The van der Waals surface area contributed by atoms with E-state index in [-0.39, 0.29) is 5.91 Å². The average Bonchev–Trinajstić information content (AvgIpc) is 2.63. The Labute approximate surface area is 141 Å². The number of piperidine rings is 1. The lowest BCUT2D eigenvalue weighted by molar-refractivity contribution is 0.0691. The van der Waals surface area contributed by atoms with Crippen LogP contribution in [0.3, 0.4) is 0 Å². The molecule has 0 unspecified atom stereocenters. The molecule has 0 saturated carbocycles. The Morgan fingerprint density at radius 3 is 2.67 bits per heavy atom. The first-order valence-electron chi connectivity index (χ1n) is 8.19. The second kappa shape index (κ2) is 7.14. The zero-order valence-corrected chi connectivity index (χ0v) is 13.7. The van der Waals surface area contributed by atoms with Crippen LogP contribution in [0.1, 0.15) is 35.8 Å². The number of nitriles is 1. The van der Waals surface area contributed by atoms with Crippen LogP contribution in [0.2, 0.25) is 0 Å². The van der Waals surface area contributed by atoms with Gasteiger partial charge < -0.3 is 10.2 Å². The number of amides is 1. The maximum Gasteiger partial charge on any atom is 0.272 e. The second-order valence-corrected chi connectivity index (χ2v) is 6.19. The van der Waals surface area contributed by atoms with Gasteiger partial charge in [-0.25, -0.2) is 4.98 Å². The van der Waals surface area contributed by atoms with Gasteiger partial charge >= 0.3 is 0 Å². The topological polar surface area (TPSA) is 69.0 Å². The first kappa shape index (κ1) is 16.0. The molecule has 5 nitrogen and oxygen atoms in total. The lowest BCUT2D eigenvalue weighted by atomic mass is 9.99. The summed E-state index contributed by atoms with van der Waals surface area (Å²) in [5.41, 5.74) is 2.51. The molecular formula is C19H20N4O. The average molecular weight is 320 g/mol. The number of anilines is 2. The summed E-state index contributed by atoms with van der Waals surface area (Å²) in [6, 6.07) is 13.0. The van der Waals surface area contributed by atoms with Crippen LogP contribution in [0.15, 0.2) is 42.6 Å². The van der Waals surface area contributed by atoms with Crippen LogP contribution in [0.5, 0.6) is 0 Å². The molecule has 1 aromatic heterocycles. The molecule has 1 aliphatic heterocycles. The number of hydrogen-bond acceptors (Lipinski definition) is 4. The molecule has 1 aliphatic rings. The molecule has 1 saturated heterocycles. The smallest absolute Gasteiger partial charge is 0.272 e. The number of benzene rings is 1. The first-order chi connectivity index (χ1) is 11.7. The molecule has 1 amide bonds. The SMILES string of the molecule is CC1CCN(C(=O)c2ccc(Nc3ccccc3C#N)cn2)CC1. The highest BCUT2D eigenvalue weighted by atomic mass is 16.2. The summed E-state index contributed by atoms with van der Waals surface area (Å²) in [7, 11) is 0. The molecule has 0 bridgehead atoms. The van der Waals surface area contributed by atoms with E-state index >= 15 is 0 Å². The van der Waals surface area contributed by atoms with Crippen LogP contribution in [0.4, 0.5) is 11.4 Å². The Bertz CT molecular complexity index is 756. The fourth-order valence-electron chi connectivity index (χ4n) is 2.81. The van der Waals surface area contributed by atoms with Crippen molar-refractivity contribution in [3.63, 3.8) is 0 Å². The Balaban J connectivity index is 1.69. The van der Waals surface area contributed by atoms with Gasteiger partial charge in [0.05, 0.1) is 23.1 Å². The number of nitrogens with zero attached hydrogens (tertiary/aromatic N) is 3. The van der Waals surface area contributed by atoms with Crippen molar-refractivity contribution in [1.29, 1.82) is 5.26 Å². The Morgan fingerprint density at radius 2 is 2.00 bits per heavy atom. The molecule has 5 heteroatoms. The molecule has 24 heavy (non-hydrogen) atoms. The molecule has 3 rings (SSSR count). The van der Waals surface area contributed by atoms with E-state index in [2.05, 4.69) is 23.3 Å². The normalized spacial score (nSPS) is 14.9. The Kier molecular flexibility index (Phi) is 4.76. The highest BCUT2D eigenvalue weighted by Gasteiger charge is 2.22. The van der Waals surface area contributed by atoms with E-state index < -0.39 is 0 Å². The molecule has 0 atom stereocenters. The summed E-state index contributed by atoms with van der Waals surface area (Å²) < 4.78 is 0. The number of nitrogens with one attached hydrogen (secondary N) is 1. The molecule has 1 aromatic carbocycles. The number of rotatable bonds is 3.